The van der Waals surface area contributed by atoms with Crippen LogP contribution in [0, 0.1) is 0 Å². The second-order valence-electron chi connectivity index (χ2n) is 2.44. The first-order chi connectivity index (χ1) is 6.80. The van der Waals surface area contributed by atoms with Crippen molar-refractivity contribution in [3.05, 3.63) is 54.4 Å². The van der Waals surface area contributed by atoms with E-state index in [2.05, 4.69) is 10.2 Å². The van der Waals surface area contributed by atoms with Crippen LogP contribution in [0.4, 0.5) is 0 Å². The topological polar surface area (TPSA) is 66.0 Å². The molecule has 0 aliphatic rings. The van der Waals surface area contributed by atoms with Gasteiger partial charge >= 0.3 is 5.97 Å². The van der Waals surface area contributed by atoms with E-state index in [1.807, 2.05) is 6.07 Å². The third kappa shape index (κ3) is 3.53. The number of aromatic amines is 1. The van der Waals surface area contributed by atoms with Gasteiger partial charge in [-0.25, -0.2) is 4.79 Å². The Morgan fingerprint density at radius 3 is 2.21 bits per heavy atom. The Kier molecular flexibility index (Phi) is 3.94. The summed E-state index contributed by atoms with van der Waals surface area (Å²) in [5.41, 5.74) is 0.331. The molecule has 72 valence electrons. The molecule has 1 aromatic heterocycles. The van der Waals surface area contributed by atoms with E-state index in [0.29, 0.717) is 5.56 Å². The molecule has 2 N–H and O–H groups in total. The second kappa shape index (κ2) is 5.53. The van der Waals surface area contributed by atoms with Crippen molar-refractivity contribution in [1.29, 1.82) is 0 Å². The molecule has 0 atom stereocenters. The molecule has 14 heavy (non-hydrogen) atoms. The summed E-state index contributed by atoms with van der Waals surface area (Å²) in [5, 5.41) is 14.6. The molecule has 4 nitrogen and oxygen atoms in total. The van der Waals surface area contributed by atoms with Crippen molar-refractivity contribution in [2.45, 2.75) is 0 Å². The predicted octanol–water partition coefficient (Wildman–Crippen LogP) is 1.79. The summed E-state index contributed by atoms with van der Waals surface area (Å²) in [5.74, 6) is -0.879. The minimum atomic E-state index is -0.879. The Labute approximate surface area is 81.2 Å². The normalized spacial score (nSPS) is 8.57. The van der Waals surface area contributed by atoms with E-state index in [9.17, 15) is 4.79 Å². The number of aromatic carboxylic acids is 1. The Bertz CT molecular complexity index is 340. The van der Waals surface area contributed by atoms with Crippen molar-refractivity contribution < 1.29 is 9.90 Å². The summed E-state index contributed by atoms with van der Waals surface area (Å²) in [6.07, 6.45) is 3.46. The fourth-order valence-electron chi connectivity index (χ4n) is 0.796. The average molecular weight is 190 g/mol. The van der Waals surface area contributed by atoms with E-state index in [4.69, 9.17) is 5.11 Å². The van der Waals surface area contributed by atoms with Gasteiger partial charge in [-0.2, -0.15) is 5.10 Å². The number of carboxylic acids is 1. The first-order valence-electron chi connectivity index (χ1n) is 4.03. The molecule has 4 heteroatoms. The first-order valence-corrected chi connectivity index (χ1v) is 4.03. The van der Waals surface area contributed by atoms with Crippen molar-refractivity contribution in [2.24, 2.45) is 0 Å². The zero-order valence-electron chi connectivity index (χ0n) is 7.42. The van der Waals surface area contributed by atoms with Gasteiger partial charge < -0.3 is 5.11 Å². The third-order valence-corrected chi connectivity index (χ3v) is 1.43. The van der Waals surface area contributed by atoms with Crippen molar-refractivity contribution in [3.8, 4) is 0 Å². The van der Waals surface area contributed by atoms with Gasteiger partial charge in [0, 0.05) is 12.4 Å². The highest BCUT2D eigenvalue weighted by molar-refractivity contribution is 5.87. The number of carbonyl (C=O) groups is 1. The molecule has 1 heterocycles. The Hall–Kier alpha value is -2.10. The molecule has 2 rings (SSSR count). The molecule has 0 aliphatic carbocycles. The number of hydrogen-bond donors (Lipinski definition) is 2. The van der Waals surface area contributed by atoms with Crippen LogP contribution in [0.15, 0.2) is 48.8 Å². The molecular weight excluding hydrogens is 180 g/mol. The summed E-state index contributed by atoms with van der Waals surface area (Å²) in [4.78, 5) is 10.2. The molecule has 0 unspecified atom stereocenters. The van der Waals surface area contributed by atoms with Crippen molar-refractivity contribution in [3.63, 3.8) is 0 Å². The summed E-state index contributed by atoms with van der Waals surface area (Å²) in [6.45, 7) is 0. The molecule has 0 fully saturated rings. The van der Waals surface area contributed by atoms with E-state index in [0.717, 1.165) is 0 Å². The number of carboxylic acid groups (broad SMARTS) is 1. The quantitative estimate of drug-likeness (QED) is 0.720. The van der Waals surface area contributed by atoms with E-state index in [1.165, 1.54) is 0 Å². The molecule has 0 aliphatic heterocycles. The highest BCUT2D eigenvalue weighted by atomic mass is 16.4. The van der Waals surface area contributed by atoms with E-state index < -0.39 is 5.97 Å². The number of H-pyrrole nitrogens is 1. The molecule has 0 saturated heterocycles. The van der Waals surface area contributed by atoms with Crippen molar-refractivity contribution in [1.82, 2.24) is 10.2 Å². The minimum Gasteiger partial charge on any atom is -0.478 e. The number of rotatable bonds is 1. The van der Waals surface area contributed by atoms with E-state index in [-0.39, 0.29) is 0 Å². The maximum absolute atomic E-state index is 10.2. The lowest BCUT2D eigenvalue weighted by atomic mass is 10.2. The van der Waals surface area contributed by atoms with Gasteiger partial charge in [0.25, 0.3) is 0 Å². The SMILES string of the molecule is O=C(O)c1ccccc1.c1cn[nH]c1. The summed E-state index contributed by atoms with van der Waals surface area (Å²) in [7, 11) is 0. The van der Waals surface area contributed by atoms with Gasteiger partial charge in [0.15, 0.2) is 0 Å². The summed E-state index contributed by atoms with van der Waals surface area (Å²) >= 11 is 0. The number of nitrogens with zero attached hydrogens (tertiary/aromatic N) is 1. The number of benzene rings is 1. The lowest BCUT2D eigenvalue weighted by molar-refractivity contribution is 0.0697. The minimum absolute atomic E-state index is 0.331. The third-order valence-electron chi connectivity index (χ3n) is 1.43. The Morgan fingerprint density at radius 1 is 1.21 bits per heavy atom. The maximum Gasteiger partial charge on any atom is 0.335 e. The molecule has 0 saturated carbocycles. The maximum atomic E-state index is 10.2. The molecule has 0 bridgehead atoms. The fraction of sp³-hybridized carbons (Fsp3) is 0. The largest absolute Gasteiger partial charge is 0.478 e. The van der Waals surface area contributed by atoms with Gasteiger partial charge in [0.2, 0.25) is 0 Å². The van der Waals surface area contributed by atoms with Gasteiger partial charge in [-0.05, 0) is 18.2 Å². The van der Waals surface area contributed by atoms with Gasteiger partial charge in [-0.3, -0.25) is 5.10 Å². The predicted molar refractivity (Wildman–Crippen MR) is 52.0 cm³/mol. The Morgan fingerprint density at radius 2 is 1.93 bits per heavy atom. The van der Waals surface area contributed by atoms with Crippen LogP contribution in [0.5, 0.6) is 0 Å². The first kappa shape index (κ1) is 9.98. The van der Waals surface area contributed by atoms with Crippen LogP contribution in [0.3, 0.4) is 0 Å². The van der Waals surface area contributed by atoms with Gasteiger partial charge in [0.05, 0.1) is 5.56 Å². The smallest absolute Gasteiger partial charge is 0.335 e. The number of aromatic nitrogens is 2. The van der Waals surface area contributed by atoms with Gasteiger partial charge in [-0.15, -0.1) is 0 Å². The van der Waals surface area contributed by atoms with E-state index in [1.54, 1.807) is 42.7 Å². The van der Waals surface area contributed by atoms with E-state index >= 15 is 0 Å². The number of hydrogen-bond acceptors (Lipinski definition) is 2. The molecule has 0 amide bonds. The second-order valence-corrected chi connectivity index (χ2v) is 2.44. The van der Waals surface area contributed by atoms with Gasteiger partial charge in [0.1, 0.15) is 0 Å². The lowest BCUT2D eigenvalue weighted by Crippen LogP contribution is -1.93. The van der Waals surface area contributed by atoms with Crippen LogP contribution < -0.4 is 0 Å². The molecule has 1 aromatic carbocycles. The Balaban J connectivity index is 0.000000165. The number of nitrogens with one attached hydrogen (secondary N) is 1. The monoisotopic (exact) mass is 190 g/mol. The van der Waals surface area contributed by atoms with Crippen LogP contribution in [-0.2, 0) is 0 Å². The zero-order valence-corrected chi connectivity index (χ0v) is 7.42. The van der Waals surface area contributed by atoms with Crippen LogP contribution in [0.2, 0.25) is 0 Å². The summed E-state index contributed by atoms with van der Waals surface area (Å²) < 4.78 is 0. The van der Waals surface area contributed by atoms with Crippen LogP contribution in [0.1, 0.15) is 10.4 Å². The summed E-state index contributed by atoms with van der Waals surface area (Å²) in [6, 6.07) is 10.1. The van der Waals surface area contributed by atoms with Gasteiger partial charge in [-0.1, -0.05) is 18.2 Å². The highest BCUT2D eigenvalue weighted by Gasteiger charge is 1.96. The molecule has 0 spiro atoms. The molecule has 0 radical (unpaired) electrons. The fourth-order valence-corrected chi connectivity index (χ4v) is 0.796. The lowest BCUT2D eigenvalue weighted by Gasteiger charge is -1.88. The van der Waals surface area contributed by atoms with Crippen molar-refractivity contribution in [2.75, 3.05) is 0 Å². The zero-order chi connectivity index (χ0) is 10.2. The standard InChI is InChI=1S/C7H6O2.C3H4N2/c8-7(9)6-4-2-1-3-5-6;1-2-4-5-3-1/h1-5H,(H,8,9);1-3H,(H,4,5). The highest BCUT2D eigenvalue weighted by Crippen LogP contribution is 1.96. The van der Waals surface area contributed by atoms with Crippen LogP contribution >= 0.6 is 0 Å². The van der Waals surface area contributed by atoms with Crippen LogP contribution in [0.25, 0.3) is 0 Å². The molecule has 2 aromatic rings. The molecular formula is C10H10N2O2. The van der Waals surface area contributed by atoms with Crippen LogP contribution in [-0.4, -0.2) is 21.3 Å². The van der Waals surface area contributed by atoms with Crippen molar-refractivity contribution >= 4 is 5.97 Å². The average Bonchev–Trinajstić information content (AvgIpc) is 2.77.